The Morgan fingerprint density at radius 3 is 2.76 bits per heavy atom. The van der Waals surface area contributed by atoms with Crippen LogP contribution in [0.25, 0.3) is 0 Å². The Bertz CT molecular complexity index is 386. The first-order valence-corrected chi connectivity index (χ1v) is 6.54. The molecule has 1 aliphatic carbocycles. The maximum Gasteiger partial charge on any atom is 0.231 e. The van der Waals surface area contributed by atoms with E-state index < -0.39 is 0 Å². The van der Waals surface area contributed by atoms with Crippen molar-refractivity contribution >= 4 is 0 Å². The molecule has 1 aromatic carbocycles. The topological polar surface area (TPSA) is 30.5 Å². The Morgan fingerprint density at radius 1 is 1.06 bits per heavy atom. The van der Waals surface area contributed by atoms with Crippen molar-refractivity contribution in [3.8, 4) is 11.5 Å². The van der Waals surface area contributed by atoms with Crippen molar-refractivity contribution < 1.29 is 9.47 Å². The van der Waals surface area contributed by atoms with Crippen molar-refractivity contribution in [3.05, 3.63) is 23.8 Å². The summed E-state index contributed by atoms with van der Waals surface area (Å²) in [6, 6.07) is 6.90. The van der Waals surface area contributed by atoms with Gasteiger partial charge in [0.1, 0.15) is 0 Å². The van der Waals surface area contributed by atoms with E-state index in [0.29, 0.717) is 12.8 Å². The van der Waals surface area contributed by atoms with Crippen LogP contribution in [0.4, 0.5) is 0 Å². The number of fused-ring (bicyclic) bond motifs is 1. The third-order valence-corrected chi connectivity index (χ3v) is 3.64. The van der Waals surface area contributed by atoms with Gasteiger partial charge in [0, 0.05) is 12.6 Å². The largest absolute Gasteiger partial charge is 0.454 e. The lowest BCUT2D eigenvalue weighted by Crippen LogP contribution is -2.30. The second kappa shape index (κ2) is 4.96. The van der Waals surface area contributed by atoms with Crippen LogP contribution >= 0.6 is 0 Å². The van der Waals surface area contributed by atoms with Crippen molar-refractivity contribution in [3.63, 3.8) is 0 Å². The lowest BCUT2D eigenvalue weighted by molar-refractivity contribution is 0.174. The van der Waals surface area contributed by atoms with Crippen LogP contribution in [-0.4, -0.2) is 12.8 Å². The molecule has 0 atom stereocenters. The van der Waals surface area contributed by atoms with Crippen LogP contribution in [0.5, 0.6) is 11.5 Å². The van der Waals surface area contributed by atoms with Gasteiger partial charge >= 0.3 is 0 Å². The Hall–Kier alpha value is -1.22. The van der Waals surface area contributed by atoms with E-state index in [2.05, 4.69) is 17.4 Å². The molecule has 0 bridgehead atoms. The summed E-state index contributed by atoms with van der Waals surface area (Å²) in [4.78, 5) is 0. The number of rotatable bonds is 3. The van der Waals surface area contributed by atoms with Gasteiger partial charge in [-0.2, -0.15) is 0 Å². The number of hydrogen-bond acceptors (Lipinski definition) is 3. The van der Waals surface area contributed by atoms with Gasteiger partial charge < -0.3 is 14.8 Å². The van der Waals surface area contributed by atoms with Crippen LogP contribution in [0.2, 0.25) is 0 Å². The summed E-state index contributed by atoms with van der Waals surface area (Å²) in [5.41, 5.74) is 1.28. The lowest BCUT2D eigenvalue weighted by atomic mass is 9.95. The van der Waals surface area contributed by atoms with E-state index in [-0.39, 0.29) is 0 Å². The Kier molecular flexibility index (Phi) is 3.18. The molecule has 0 spiro atoms. The fraction of sp³-hybridized carbons (Fsp3) is 0.571. The molecule has 0 saturated heterocycles. The van der Waals surface area contributed by atoms with Crippen LogP contribution in [0.15, 0.2) is 18.2 Å². The minimum Gasteiger partial charge on any atom is -0.454 e. The molecule has 3 nitrogen and oxygen atoms in total. The summed E-state index contributed by atoms with van der Waals surface area (Å²) < 4.78 is 10.7. The zero-order valence-electron chi connectivity index (χ0n) is 10.1. The van der Waals surface area contributed by atoms with Gasteiger partial charge in [0.25, 0.3) is 0 Å². The molecule has 1 heterocycles. The molecule has 0 amide bonds. The molecule has 1 saturated carbocycles. The maximum absolute atomic E-state index is 5.38. The van der Waals surface area contributed by atoms with Gasteiger partial charge in [0.2, 0.25) is 6.79 Å². The molecule has 1 N–H and O–H groups in total. The summed E-state index contributed by atoms with van der Waals surface area (Å²) in [6.07, 6.45) is 6.80. The minimum absolute atomic E-state index is 0.356. The highest BCUT2D eigenvalue weighted by Gasteiger charge is 2.15. The SMILES string of the molecule is c1cc2c(cc1CNC1CCCCC1)OCO2. The molecular weight excluding hydrogens is 214 g/mol. The van der Waals surface area contributed by atoms with E-state index in [1.165, 1.54) is 37.7 Å². The van der Waals surface area contributed by atoms with Gasteiger partial charge in [-0.3, -0.25) is 0 Å². The second-order valence-electron chi connectivity index (χ2n) is 4.90. The molecule has 1 fully saturated rings. The van der Waals surface area contributed by atoms with Gasteiger partial charge in [-0.25, -0.2) is 0 Å². The Balaban J connectivity index is 1.57. The number of benzene rings is 1. The first-order valence-electron chi connectivity index (χ1n) is 6.54. The van der Waals surface area contributed by atoms with Gasteiger partial charge in [-0.1, -0.05) is 25.3 Å². The van der Waals surface area contributed by atoms with Crippen LogP contribution < -0.4 is 14.8 Å². The first-order chi connectivity index (χ1) is 8.42. The second-order valence-corrected chi connectivity index (χ2v) is 4.90. The normalized spacial score (nSPS) is 19.5. The highest BCUT2D eigenvalue weighted by atomic mass is 16.7. The Morgan fingerprint density at radius 2 is 1.88 bits per heavy atom. The van der Waals surface area contributed by atoms with E-state index in [0.717, 1.165) is 18.0 Å². The summed E-state index contributed by atoms with van der Waals surface area (Å²) in [5.74, 6) is 1.75. The van der Waals surface area contributed by atoms with E-state index >= 15 is 0 Å². The molecule has 1 aliphatic heterocycles. The molecule has 3 rings (SSSR count). The van der Waals surface area contributed by atoms with Crippen LogP contribution in [0.1, 0.15) is 37.7 Å². The predicted molar refractivity (Wildman–Crippen MR) is 66.3 cm³/mol. The van der Waals surface area contributed by atoms with Crippen molar-refractivity contribution in [1.82, 2.24) is 5.32 Å². The summed E-state index contributed by atoms with van der Waals surface area (Å²) in [6.45, 7) is 1.29. The van der Waals surface area contributed by atoms with Gasteiger partial charge in [0.15, 0.2) is 11.5 Å². The highest BCUT2D eigenvalue weighted by molar-refractivity contribution is 5.44. The zero-order chi connectivity index (χ0) is 11.5. The molecule has 0 unspecified atom stereocenters. The van der Waals surface area contributed by atoms with Crippen LogP contribution in [0, 0.1) is 0 Å². The molecule has 1 aromatic rings. The number of nitrogens with one attached hydrogen (secondary N) is 1. The molecule has 0 aromatic heterocycles. The summed E-state index contributed by atoms with van der Waals surface area (Å²) in [7, 11) is 0. The van der Waals surface area contributed by atoms with E-state index in [4.69, 9.17) is 9.47 Å². The fourth-order valence-corrected chi connectivity index (χ4v) is 2.62. The van der Waals surface area contributed by atoms with Crippen LogP contribution in [-0.2, 0) is 6.54 Å². The number of ether oxygens (including phenoxy) is 2. The third kappa shape index (κ3) is 2.55. The first kappa shape index (κ1) is 10.9. The average molecular weight is 233 g/mol. The monoisotopic (exact) mass is 233 g/mol. The molecule has 0 radical (unpaired) electrons. The average Bonchev–Trinajstić information content (AvgIpc) is 2.85. The summed E-state index contributed by atoms with van der Waals surface area (Å²) >= 11 is 0. The highest BCUT2D eigenvalue weighted by Crippen LogP contribution is 2.32. The molecular formula is C14H19NO2. The molecule has 92 valence electrons. The lowest BCUT2D eigenvalue weighted by Gasteiger charge is -2.22. The van der Waals surface area contributed by atoms with Crippen molar-refractivity contribution in [2.75, 3.05) is 6.79 Å². The van der Waals surface area contributed by atoms with Crippen molar-refractivity contribution in [1.29, 1.82) is 0 Å². The number of hydrogen-bond donors (Lipinski definition) is 1. The van der Waals surface area contributed by atoms with E-state index in [1.54, 1.807) is 0 Å². The van der Waals surface area contributed by atoms with E-state index in [1.807, 2.05) is 6.07 Å². The van der Waals surface area contributed by atoms with Gasteiger partial charge in [-0.05, 0) is 30.5 Å². The smallest absolute Gasteiger partial charge is 0.231 e. The molecule has 2 aliphatic rings. The van der Waals surface area contributed by atoms with Crippen molar-refractivity contribution in [2.24, 2.45) is 0 Å². The van der Waals surface area contributed by atoms with Gasteiger partial charge in [0.05, 0.1) is 0 Å². The minimum atomic E-state index is 0.356. The zero-order valence-corrected chi connectivity index (χ0v) is 10.1. The van der Waals surface area contributed by atoms with Crippen LogP contribution in [0.3, 0.4) is 0 Å². The Labute approximate surface area is 102 Å². The quantitative estimate of drug-likeness (QED) is 0.870. The van der Waals surface area contributed by atoms with Crippen molar-refractivity contribution in [2.45, 2.75) is 44.7 Å². The standard InChI is InChI=1S/C14H19NO2/c1-2-4-12(5-3-1)15-9-11-6-7-13-14(8-11)17-10-16-13/h6-8,12,15H,1-5,9-10H2. The van der Waals surface area contributed by atoms with Gasteiger partial charge in [-0.15, -0.1) is 0 Å². The summed E-state index contributed by atoms with van der Waals surface area (Å²) in [5, 5.41) is 3.63. The fourth-order valence-electron chi connectivity index (χ4n) is 2.62. The third-order valence-electron chi connectivity index (χ3n) is 3.64. The maximum atomic E-state index is 5.38. The van der Waals surface area contributed by atoms with E-state index in [9.17, 15) is 0 Å². The molecule has 17 heavy (non-hydrogen) atoms. The molecule has 3 heteroatoms. The predicted octanol–water partition coefficient (Wildman–Crippen LogP) is 2.84.